The molecule has 0 radical (unpaired) electrons. The summed E-state index contributed by atoms with van der Waals surface area (Å²) in [6.07, 6.45) is 1.91. The van der Waals surface area contributed by atoms with Gasteiger partial charge in [-0.05, 0) is 74.1 Å². The van der Waals surface area contributed by atoms with Gasteiger partial charge in [-0.25, -0.2) is 9.18 Å². The van der Waals surface area contributed by atoms with Crippen LogP contribution in [0.15, 0.2) is 66.9 Å². The fraction of sp³-hybridized carbons (Fsp3) is 0.353. The first-order valence-corrected chi connectivity index (χ1v) is 14.9. The van der Waals surface area contributed by atoms with Crippen molar-refractivity contribution in [2.45, 2.75) is 32.4 Å². The van der Waals surface area contributed by atoms with Gasteiger partial charge in [0.25, 0.3) is 0 Å². The van der Waals surface area contributed by atoms with Gasteiger partial charge in [0.1, 0.15) is 17.6 Å². The predicted octanol–water partition coefficient (Wildman–Crippen LogP) is 5.33. The summed E-state index contributed by atoms with van der Waals surface area (Å²) in [5.41, 5.74) is 5.28. The topological polar surface area (TPSA) is 92.9 Å². The van der Waals surface area contributed by atoms with Gasteiger partial charge >= 0.3 is 6.03 Å². The highest BCUT2D eigenvalue weighted by molar-refractivity contribution is 5.99. The Morgan fingerprint density at radius 1 is 1.05 bits per heavy atom. The molecule has 4 aromatic rings. The van der Waals surface area contributed by atoms with Crippen molar-refractivity contribution in [3.8, 4) is 5.75 Å². The van der Waals surface area contributed by atoms with Crippen molar-refractivity contribution < 1.29 is 18.7 Å². The quantitative estimate of drug-likeness (QED) is 0.242. The second-order valence-electron chi connectivity index (χ2n) is 11.7. The monoisotopic (exact) mass is 600 g/mol. The number of ether oxygens (including phenoxy) is 1. The standard InChI is InChI=1S/C34H41FN6O3/c1-22-18-25(35)11-12-30(22)40-14-16-41(17-15-40)34(43)38-32(23(2)27-20-36-28-9-7-6-8-26(27)28)33(42)37-29-19-24(21-39(3)4)10-13-31(29)44-5/h6-13,18-20,23,32,36H,14-17,21H2,1-5H3,(H,37,42)(H,38,43). The number of nitrogens with zero attached hydrogens (tertiary/aromatic N) is 3. The van der Waals surface area contributed by atoms with Gasteiger partial charge in [0.05, 0.1) is 12.8 Å². The number of halogens is 1. The molecule has 0 saturated carbocycles. The summed E-state index contributed by atoms with van der Waals surface area (Å²) < 4.78 is 19.2. The van der Waals surface area contributed by atoms with Crippen LogP contribution in [0.4, 0.5) is 20.6 Å². The molecule has 0 bridgehead atoms. The Morgan fingerprint density at radius 3 is 2.50 bits per heavy atom. The van der Waals surface area contributed by atoms with Gasteiger partial charge in [0, 0.05) is 61.4 Å². The molecule has 1 aromatic heterocycles. The minimum atomic E-state index is -0.874. The van der Waals surface area contributed by atoms with Gasteiger partial charge in [-0.3, -0.25) is 4.79 Å². The molecule has 232 valence electrons. The average molecular weight is 601 g/mol. The number of hydrogen-bond acceptors (Lipinski definition) is 5. The molecule has 0 spiro atoms. The molecule has 2 heterocycles. The third kappa shape index (κ3) is 6.81. The lowest BCUT2D eigenvalue weighted by atomic mass is 9.92. The van der Waals surface area contributed by atoms with Crippen LogP contribution < -0.4 is 20.3 Å². The number of carbonyl (C=O) groups is 2. The largest absolute Gasteiger partial charge is 0.495 e. The molecule has 44 heavy (non-hydrogen) atoms. The molecule has 1 aliphatic rings. The van der Waals surface area contributed by atoms with Gasteiger partial charge in [0.15, 0.2) is 0 Å². The Balaban J connectivity index is 1.37. The smallest absolute Gasteiger partial charge is 0.318 e. The number of benzene rings is 3. The van der Waals surface area contributed by atoms with E-state index in [0.29, 0.717) is 44.2 Å². The third-order valence-corrected chi connectivity index (χ3v) is 8.26. The zero-order valence-electron chi connectivity index (χ0n) is 26.0. The molecular weight excluding hydrogens is 559 g/mol. The zero-order valence-corrected chi connectivity index (χ0v) is 26.0. The third-order valence-electron chi connectivity index (χ3n) is 8.26. The van der Waals surface area contributed by atoms with Crippen LogP contribution in [0.5, 0.6) is 5.75 Å². The number of aromatic amines is 1. The molecule has 3 aromatic carbocycles. The van der Waals surface area contributed by atoms with Gasteiger partial charge in [-0.1, -0.05) is 31.2 Å². The highest BCUT2D eigenvalue weighted by atomic mass is 19.1. The molecular formula is C34H41FN6O3. The number of carbonyl (C=O) groups excluding carboxylic acids is 2. The molecule has 3 amide bonds. The van der Waals surface area contributed by atoms with Gasteiger partial charge in [-0.2, -0.15) is 0 Å². The number of urea groups is 1. The Labute approximate surface area is 258 Å². The fourth-order valence-corrected chi connectivity index (χ4v) is 5.94. The van der Waals surface area contributed by atoms with E-state index in [4.69, 9.17) is 4.74 Å². The van der Waals surface area contributed by atoms with E-state index in [1.54, 1.807) is 18.1 Å². The molecule has 2 atom stereocenters. The molecule has 2 unspecified atom stereocenters. The first-order chi connectivity index (χ1) is 21.1. The number of para-hydroxylation sites is 1. The Hall–Kier alpha value is -4.57. The molecule has 0 aliphatic carbocycles. The van der Waals surface area contributed by atoms with Crippen molar-refractivity contribution in [1.82, 2.24) is 20.1 Å². The molecule has 5 rings (SSSR count). The summed E-state index contributed by atoms with van der Waals surface area (Å²) in [5.74, 6) is -0.413. The van der Waals surface area contributed by atoms with Crippen molar-refractivity contribution in [3.63, 3.8) is 0 Å². The SMILES string of the molecule is COc1ccc(CN(C)C)cc1NC(=O)C(NC(=O)N1CCN(c2ccc(F)cc2C)CC1)C(C)c1c[nH]c2ccccc12. The molecule has 10 heteroatoms. The maximum atomic E-state index is 14.0. The highest BCUT2D eigenvalue weighted by Gasteiger charge is 2.33. The maximum absolute atomic E-state index is 14.0. The average Bonchev–Trinajstić information content (AvgIpc) is 3.44. The Kier molecular flexibility index (Phi) is 9.39. The van der Waals surface area contributed by atoms with Crippen LogP contribution in [0.1, 0.15) is 29.5 Å². The van der Waals surface area contributed by atoms with Crippen molar-refractivity contribution in [1.29, 1.82) is 0 Å². The number of piperazine rings is 1. The normalized spacial score (nSPS) is 14.9. The van der Waals surface area contributed by atoms with E-state index in [1.807, 2.05) is 81.5 Å². The summed E-state index contributed by atoms with van der Waals surface area (Å²) >= 11 is 0. The number of aromatic nitrogens is 1. The number of rotatable bonds is 9. The van der Waals surface area contributed by atoms with Crippen molar-refractivity contribution in [3.05, 3.63) is 89.4 Å². The minimum absolute atomic E-state index is 0.264. The Bertz CT molecular complexity index is 1630. The highest BCUT2D eigenvalue weighted by Crippen LogP contribution is 2.31. The fourth-order valence-electron chi connectivity index (χ4n) is 5.94. The number of nitrogens with one attached hydrogen (secondary N) is 3. The van der Waals surface area contributed by atoms with Crippen LogP contribution >= 0.6 is 0 Å². The summed E-state index contributed by atoms with van der Waals surface area (Å²) in [6, 6.07) is 17.2. The first-order valence-electron chi connectivity index (χ1n) is 14.9. The summed E-state index contributed by atoms with van der Waals surface area (Å²) in [6.45, 7) is 6.68. The van der Waals surface area contributed by atoms with Crippen LogP contribution in [-0.4, -0.2) is 80.1 Å². The number of H-pyrrole nitrogens is 1. The van der Waals surface area contributed by atoms with Crippen LogP contribution in [0.3, 0.4) is 0 Å². The molecule has 3 N–H and O–H groups in total. The van der Waals surface area contributed by atoms with E-state index in [1.165, 1.54) is 12.1 Å². The van der Waals surface area contributed by atoms with Crippen LogP contribution in [-0.2, 0) is 11.3 Å². The Morgan fingerprint density at radius 2 is 1.80 bits per heavy atom. The second-order valence-corrected chi connectivity index (χ2v) is 11.7. The molecule has 1 aliphatic heterocycles. The summed E-state index contributed by atoms with van der Waals surface area (Å²) in [4.78, 5) is 37.0. The predicted molar refractivity (Wildman–Crippen MR) is 173 cm³/mol. The molecule has 1 fully saturated rings. The van der Waals surface area contributed by atoms with E-state index in [-0.39, 0.29) is 23.7 Å². The number of hydrogen-bond donors (Lipinski definition) is 3. The van der Waals surface area contributed by atoms with E-state index >= 15 is 0 Å². The lowest BCUT2D eigenvalue weighted by Crippen LogP contribution is -2.56. The van der Waals surface area contributed by atoms with Crippen molar-refractivity contribution >= 4 is 34.2 Å². The van der Waals surface area contributed by atoms with Crippen molar-refractivity contribution in [2.75, 3.05) is 57.6 Å². The van der Waals surface area contributed by atoms with E-state index in [0.717, 1.165) is 33.3 Å². The maximum Gasteiger partial charge on any atom is 0.318 e. The minimum Gasteiger partial charge on any atom is -0.495 e. The summed E-state index contributed by atoms with van der Waals surface area (Å²) in [7, 11) is 5.53. The van der Waals surface area contributed by atoms with Crippen LogP contribution in [0.2, 0.25) is 0 Å². The van der Waals surface area contributed by atoms with Gasteiger partial charge in [-0.15, -0.1) is 0 Å². The number of methoxy groups -OCH3 is 1. The summed E-state index contributed by atoms with van der Waals surface area (Å²) in [5, 5.41) is 7.11. The van der Waals surface area contributed by atoms with Crippen LogP contribution in [0.25, 0.3) is 10.9 Å². The number of amides is 3. The lowest BCUT2D eigenvalue weighted by Gasteiger charge is -2.37. The van der Waals surface area contributed by atoms with Crippen LogP contribution in [0, 0.1) is 12.7 Å². The molecule has 1 saturated heterocycles. The number of anilines is 2. The van der Waals surface area contributed by atoms with E-state index in [9.17, 15) is 14.0 Å². The number of fused-ring (bicyclic) bond motifs is 1. The number of aryl methyl sites for hydroxylation is 1. The van der Waals surface area contributed by atoms with Gasteiger partial charge < -0.3 is 35.1 Å². The van der Waals surface area contributed by atoms with Gasteiger partial charge in [0.2, 0.25) is 5.91 Å². The molecule has 9 nitrogen and oxygen atoms in total. The van der Waals surface area contributed by atoms with E-state index < -0.39 is 6.04 Å². The van der Waals surface area contributed by atoms with Crippen molar-refractivity contribution in [2.24, 2.45) is 0 Å². The second kappa shape index (κ2) is 13.4. The van der Waals surface area contributed by atoms with E-state index in [2.05, 4.69) is 20.5 Å². The lowest BCUT2D eigenvalue weighted by molar-refractivity contribution is -0.118. The zero-order chi connectivity index (χ0) is 31.4. The first kappa shape index (κ1) is 30.9.